The number of benzene rings is 2. The first-order chi connectivity index (χ1) is 9.97. The lowest BCUT2D eigenvalue weighted by atomic mass is 10.1. The van der Waals surface area contributed by atoms with E-state index in [-0.39, 0.29) is 12.5 Å². The Hall–Kier alpha value is -1.81. The molecule has 4 heteroatoms. The van der Waals surface area contributed by atoms with Crippen molar-refractivity contribution in [1.29, 1.82) is 0 Å². The van der Waals surface area contributed by atoms with Crippen molar-refractivity contribution >= 4 is 27.5 Å². The number of carbonyl (C=O) groups is 1. The number of aryl methyl sites for hydroxylation is 3. The first-order valence-electron chi connectivity index (χ1n) is 6.72. The van der Waals surface area contributed by atoms with E-state index < -0.39 is 0 Å². The molecule has 0 unspecified atom stereocenters. The highest BCUT2D eigenvalue weighted by atomic mass is 79.9. The van der Waals surface area contributed by atoms with Crippen LogP contribution in [0.3, 0.4) is 0 Å². The van der Waals surface area contributed by atoms with Crippen molar-refractivity contribution in [3.8, 4) is 5.75 Å². The maximum absolute atomic E-state index is 12.0. The maximum atomic E-state index is 12.0. The second-order valence-corrected chi connectivity index (χ2v) is 5.93. The first-order valence-corrected chi connectivity index (χ1v) is 7.51. The van der Waals surface area contributed by atoms with Gasteiger partial charge in [-0.25, -0.2) is 0 Å². The van der Waals surface area contributed by atoms with Gasteiger partial charge in [0.2, 0.25) is 0 Å². The molecule has 2 rings (SSSR count). The number of carbonyl (C=O) groups excluding carboxylic acids is 1. The van der Waals surface area contributed by atoms with Crippen molar-refractivity contribution in [2.24, 2.45) is 0 Å². The maximum Gasteiger partial charge on any atom is 0.262 e. The normalized spacial score (nSPS) is 10.3. The summed E-state index contributed by atoms with van der Waals surface area (Å²) in [6.45, 7) is 5.89. The summed E-state index contributed by atoms with van der Waals surface area (Å²) in [6.07, 6.45) is 0. The lowest BCUT2D eigenvalue weighted by molar-refractivity contribution is -0.118. The highest BCUT2D eigenvalue weighted by molar-refractivity contribution is 9.10. The minimum atomic E-state index is -0.164. The van der Waals surface area contributed by atoms with Gasteiger partial charge in [-0.15, -0.1) is 0 Å². The molecular formula is C17H18BrNO2. The van der Waals surface area contributed by atoms with Crippen molar-refractivity contribution in [3.63, 3.8) is 0 Å². The highest BCUT2D eigenvalue weighted by Crippen LogP contribution is 2.23. The lowest BCUT2D eigenvalue weighted by Gasteiger charge is -2.13. The van der Waals surface area contributed by atoms with Crippen LogP contribution in [0.25, 0.3) is 0 Å². The lowest BCUT2D eigenvalue weighted by Crippen LogP contribution is -2.21. The topological polar surface area (TPSA) is 38.3 Å². The van der Waals surface area contributed by atoms with Crippen LogP contribution in [0, 0.1) is 20.8 Å². The molecule has 0 fully saturated rings. The molecular weight excluding hydrogens is 330 g/mol. The number of hydrogen-bond donors (Lipinski definition) is 1. The predicted octanol–water partition coefficient (Wildman–Crippen LogP) is 4.39. The van der Waals surface area contributed by atoms with Crippen LogP contribution in [0.4, 0.5) is 5.69 Å². The average molecular weight is 348 g/mol. The molecule has 0 saturated carbocycles. The van der Waals surface area contributed by atoms with Crippen LogP contribution in [-0.2, 0) is 4.79 Å². The predicted molar refractivity (Wildman–Crippen MR) is 88.9 cm³/mol. The third-order valence-electron chi connectivity index (χ3n) is 3.22. The second kappa shape index (κ2) is 6.76. The molecule has 0 spiro atoms. The Balaban J connectivity index is 1.99. The molecule has 0 radical (unpaired) electrons. The van der Waals surface area contributed by atoms with Crippen LogP contribution in [-0.4, -0.2) is 12.5 Å². The number of halogens is 1. The van der Waals surface area contributed by atoms with E-state index in [2.05, 4.69) is 21.2 Å². The van der Waals surface area contributed by atoms with Crippen molar-refractivity contribution in [2.75, 3.05) is 11.9 Å². The Labute approximate surface area is 133 Å². The van der Waals surface area contributed by atoms with Gasteiger partial charge >= 0.3 is 0 Å². The quantitative estimate of drug-likeness (QED) is 0.890. The van der Waals surface area contributed by atoms with Crippen LogP contribution in [0.1, 0.15) is 16.7 Å². The zero-order chi connectivity index (χ0) is 15.4. The van der Waals surface area contributed by atoms with Gasteiger partial charge < -0.3 is 10.1 Å². The van der Waals surface area contributed by atoms with Gasteiger partial charge in [-0.1, -0.05) is 34.1 Å². The van der Waals surface area contributed by atoms with Gasteiger partial charge in [0.15, 0.2) is 6.61 Å². The standard InChI is InChI=1S/C17H18BrNO2/c1-11-5-4-6-12(2)17(11)21-10-16(20)19-15-8-7-14(18)9-13(15)3/h4-9H,10H2,1-3H3,(H,19,20). The molecule has 2 aromatic carbocycles. The largest absolute Gasteiger partial charge is 0.483 e. The van der Waals surface area contributed by atoms with Crippen molar-refractivity contribution in [3.05, 3.63) is 57.6 Å². The van der Waals surface area contributed by atoms with Gasteiger partial charge in [0.05, 0.1) is 0 Å². The van der Waals surface area contributed by atoms with E-state index >= 15 is 0 Å². The van der Waals surface area contributed by atoms with Crippen LogP contribution < -0.4 is 10.1 Å². The molecule has 0 aromatic heterocycles. The molecule has 0 aliphatic rings. The average Bonchev–Trinajstić information content (AvgIpc) is 2.41. The van der Waals surface area contributed by atoms with Crippen molar-refractivity contribution in [2.45, 2.75) is 20.8 Å². The van der Waals surface area contributed by atoms with Crippen LogP contribution >= 0.6 is 15.9 Å². The number of para-hydroxylation sites is 1. The number of hydrogen-bond acceptors (Lipinski definition) is 2. The molecule has 0 aliphatic carbocycles. The fraction of sp³-hybridized carbons (Fsp3) is 0.235. The first kappa shape index (κ1) is 15.6. The summed E-state index contributed by atoms with van der Waals surface area (Å²) < 4.78 is 6.63. The number of rotatable bonds is 4. The second-order valence-electron chi connectivity index (χ2n) is 5.02. The Morgan fingerprint density at radius 1 is 1.10 bits per heavy atom. The van der Waals surface area contributed by atoms with Gasteiger partial charge in [0.25, 0.3) is 5.91 Å². The van der Waals surface area contributed by atoms with E-state index in [0.717, 1.165) is 32.6 Å². The van der Waals surface area contributed by atoms with E-state index in [4.69, 9.17) is 4.74 Å². The molecule has 0 saturated heterocycles. The molecule has 0 atom stereocenters. The molecule has 2 aromatic rings. The molecule has 110 valence electrons. The van der Waals surface area contributed by atoms with Gasteiger partial charge in [0, 0.05) is 10.2 Å². The molecule has 0 bridgehead atoms. The summed E-state index contributed by atoms with van der Waals surface area (Å²) in [7, 11) is 0. The van der Waals surface area contributed by atoms with Crippen LogP contribution in [0.2, 0.25) is 0 Å². The van der Waals surface area contributed by atoms with E-state index in [9.17, 15) is 4.79 Å². The number of amides is 1. The molecule has 0 aliphatic heterocycles. The fourth-order valence-electron chi connectivity index (χ4n) is 2.12. The van der Waals surface area contributed by atoms with Crippen molar-refractivity contribution in [1.82, 2.24) is 0 Å². The summed E-state index contributed by atoms with van der Waals surface area (Å²) in [5, 5.41) is 2.86. The monoisotopic (exact) mass is 347 g/mol. The SMILES string of the molecule is Cc1cc(Br)ccc1NC(=O)COc1c(C)cccc1C. The van der Waals surface area contributed by atoms with Crippen LogP contribution in [0.15, 0.2) is 40.9 Å². The molecule has 0 heterocycles. The van der Waals surface area contributed by atoms with Gasteiger partial charge in [-0.3, -0.25) is 4.79 Å². The summed E-state index contributed by atoms with van der Waals surface area (Å²) in [5.41, 5.74) is 3.86. The Bertz CT molecular complexity index is 648. The highest BCUT2D eigenvalue weighted by Gasteiger charge is 2.08. The molecule has 1 amide bonds. The van der Waals surface area contributed by atoms with E-state index in [1.807, 2.05) is 57.2 Å². The molecule has 1 N–H and O–H groups in total. The summed E-state index contributed by atoms with van der Waals surface area (Å²) in [4.78, 5) is 12.0. The minimum absolute atomic E-state index is 0.00119. The third kappa shape index (κ3) is 4.08. The summed E-state index contributed by atoms with van der Waals surface area (Å²) >= 11 is 3.40. The van der Waals surface area contributed by atoms with E-state index in [1.54, 1.807) is 0 Å². The Morgan fingerprint density at radius 2 is 1.76 bits per heavy atom. The zero-order valence-corrected chi connectivity index (χ0v) is 14.0. The van der Waals surface area contributed by atoms with Gasteiger partial charge in [-0.05, 0) is 55.7 Å². The van der Waals surface area contributed by atoms with Crippen molar-refractivity contribution < 1.29 is 9.53 Å². The smallest absolute Gasteiger partial charge is 0.262 e. The Kier molecular flexibility index (Phi) is 5.02. The zero-order valence-electron chi connectivity index (χ0n) is 12.4. The molecule has 21 heavy (non-hydrogen) atoms. The van der Waals surface area contributed by atoms with Gasteiger partial charge in [-0.2, -0.15) is 0 Å². The summed E-state index contributed by atoms with van der Waals surface area (Å²) in [5.74, 6) is 0.614. The van der Waals surface area contributed by atoms with E-state index in [1.165, 1.54) is 0 Å². The van der Waals surface area contributed by atoms with Gasteiger partial charge in [0.1, 0.15) is 5.75 Å². The number of anilines is 1. The summed E-state index contributed by atoms with van der Waals surface area (Å²) in [6, 6.07) is 11.6. The fourth-order valence-corrected chi connectivity index (χ4v) is 2.59. The minimum Gasteiger partial charge on any atom is -0.483 e. The van der Waals surface area contributed by atoms with E-state index in [0.29, 0.717) is 0 Å². The number of nitrogens with one attached hydrogen (secondary N) is 1. The Morgan fingerprint density at radius 3 is 2.38 bits per heavy atom. The third-order valence-corrected chi connectivity index (χ3v) is 3.71. The molecule has 3 nitrogen and oxygen atoms in total. The number of ether oxygens (including phenoxy) is 1. The van der Waals surface area contributed by atoms with Crippen LogP contribution in [0.5, 0.6) is 5.75 Å².